The summed E-state index contributed by atoms with van der Waals surface area (Å²) in [6.45, 7) is 4.95. The van der Waals surface area contributed by atoms with E-state index in [4.69, 9.17) is 11.6 Å². The van der Waals surface area contributed by atoms with Gasteiger partial charge in [0.1, 0.15) is 5.54 Å². The summed E-state index contributed by atoms with van der Waals surface area (Å²) in [5.74, 6) is -0.340. The molecule has 2 aromatic carbocycles. The monoisotopic (exact) mass is 495 g/mol. The summed E-state index contributed by atoms with van der Waals surface area (Å²) in [6.07, 6.45) is 3.23. The highest BCUT2D eigenvalue weighted by atomic mass is 35.5. The van der Waals surface area contributed by atoms with E-state index in [0.717, 1.165) is 24.8 Å². The van der Waals surface area contributed by atoms with E-state index in [9.17, 15) is 14.4 Å². The highest BCUT2D eigenvalue weighted by Gasteiger charge is 2.49. The molecule has 0 bridgehead atoms. The number of anilines is 1. The van der Waals surface area contributed by atoms with Gasteiger partial charge in [0, 0.05) is 26.2 Å². The highest BCUT2D eigenvalue weighted by molar-refractivity contribution is 6.33. The number of hydrogen-bond donors (Lipinski definition) is 2. The van der Waals surface area contributed by atoms with Crippen LogP contribution in [-0.2, 0) is 28.0 Å². The standard InChI is InChI=1S/C26H30ClN5O3/c1-26(20-10-9-18-5-4-6-19(18)15-20)24(34)32(25(35)29-26)17-31-13-11-30(12-14-31)16-23(33)28-22-8-3-2-7-21(22)27/h2-3,7-10,15H,4-6,11-14,16-17H2,1H3,(H,28,33)(H,29,35)/t26-/m0/s1. The van der Waals surface area contributed by atoms with Crippen LogP contribution in [0, 0.1) is 0 Å². The van der Waals surface area contributed by atoms with Gasteiger partial charge in [0.05, 0.1) is 23.9 Å². The Labute approximate surface area is 210 Å². The van der Waals surface area contributed by atoms with Crippen LogP contribution in [0.1, 0.15) is 30.0 Å². The Morgan fingerprint density at radius 3 is 2.51 bits per heavy atom. The average molecular weight is 496 g/mol. The molecule has 2 N–H and O–H groups in total. The second kappa shape index (κ2) is 9.60. The maximum Gasteiger partial charge on any atom is 0.326 e. The van der Waals surface area contributed by atoms with Crippen LogP contribution in [0.2, 0.25) is 5.02 Å². The summed E-state index contributed by atoms with van der Waals surface area (Å²) >= 11 is 6.12. The molecule has 2 saturated heterocycles. The van der Waals surface area contributed by atoms with Crippen LogP contribution in [0.5, 0.6) is 0 Å². The molecule has 2 heterocycles. The van der Waals surface area contributed by atoms with E-state index in [0.29, 0.717) is 36.9 Å². The zero-order valence-corrected chi connectivity index (χ0v) is 20.6. The predicted molar refractivity (Wildman–Crippen MR) is 134 cm³/mol. The van der Waals surface area contributed by atoms with Crippen molar-refractivity contribution in [1.82, 2.24) is 20.0 Å². The molecule has 184 valence electrons. The molecular formula is C26H30ClN5O3. The normalized spacial score (nSPS) is 22.9. The molecule has 2 aliphatic heterocycles. The molecule has 0 saturated carbocycles. The molecule has 9 heteroatoms. The number of fused-ring (bicyclic) bond motifs is 1. The number of carbonyl (C=O) groups is 3. The van der Waals surface area contributed by atoms with Crippen molar-refractivity contribution in [1.29, 1.82) is 0 Å². The molecule has 5 rings (SSSR count). The molecule has 0 radical (unpaired) electrons. The highest BCUT2D eigenvalue weighted by Crippen LogP contribution is 2.32. The van der Waals surface area contributed by atoms with E-state index in [-0.39, 0.29) is 31.1 Å². The smallest absolute Gasteiger partial charge is 0.324 e. The fourth-order valence-electron chi connectivity index (χ4n) is 5.15. The summed E-state index contributed by atoms with van der Waals surface area (Å²) in [5.41, 5.74) is 3.01. The Morgan fingerprint density at radius 1 is 1.03 bits per heavy atom. The molecule has 1 atom stereocenters. The second-order valence-electron chi connectivity index (χ2n) is 9.69. The van der Waals surface area contributed by atoms with Crippen molar-refractivity contribution < 1.29 is 14.4 Å². The number of nitrogens with zero attached hydrogens (tertiary/aromatic N) is 3. The van der Waals surface area contributed by atoms with Crippen LogP contribution < -0.4 is 10.6 Å². The van der Waals surface area contributed by atoms with Crippen LogP contribution in [0.3, 0.4) is 0 Å². The number of para-hydroxylation sites is 1. The first-order chi connectivity index (χ1) is 16.8. The predicted octanol–water partition coefficient (Wildman–Crippen LogP) is 2.81. The lowest BCUT2D eigenvalue weighted by Gasteiger charge is -2.35. The van der Waals surface area contributed by atoms with Crippen molar-refractivity contribution in [2.75, 3.05) is 44.7 Å². The third kappa shape index (κ3) is 4.78. The van der Waals surface area contributed by atoms with Crippen LogP contribution in [-0.4, -0.2) is 71.9 Å². The lowest BCUT2D eigenvalue weighted by atomic mass is 9.90. The fraction of sp³-hybridized carbons (Fsp3) is 0.423. The van der Waals surface area contributed by atoms with Gasteiger partial charge in [0.2, 0.25) is 5.91 Å². The van der Waals surface area contributed by atoms with Gasteiger partial charge in [-0.25, -0.2) is 9.69 Å². The first-order valence-electron chi connectivity index (χ1n) is 12.1. The molecule has 0 aromatic heterocycles. The SMILES string of the molecule is C[C@@]1(c2ccc3c(c2)CCC3)NC(=O)N(CN2CCN(CC(=O)Nc3ccccc3Cl)CC2)C1=O. The van der Waals surface area contributed by atoms with Gasteiger partial charge in [0.25, 0.3) is 5.91 Å². The van der Waals surface area contributed by atoms with Gasteiger partial charge in [-0.05, 0) is 55.0 Å². The van der Waals surface area contributed by atoms with Crippen molar-refractivity contribution in [2.24, 2.45) is 0 Å². The van der Waals surface area contributed by atoms with E-state index in [2.05, 4.69) is 32.6 Å². The van der Waals surface area contributed by atoms with Gasteiger partial charge in [-0.15, -0.1) is 0 Å². The Kier molecular flexibility index (Phi) is 6.53. The van der Waals surface area contributed by atoms with Crippen molar-refractivity contribution in [3.05, 3.63) is 64.2 Å². The summed E-state index contributed by atoms with van der Waals surface area (Å²) in [4.78, 5) is 44.0. The lowest BCUT2D eigenvalue weighted by Crippen LogP contribution is -2.52. The number of piperazine rings is 1. The van der Waals surface area contributed by atoms with Crippen LogP contribution in [0.4, 0.5) is 10.5 Å². The summed E-state index contributed by atoms with van der Waals surface area (Å²) in [7, 11) is 0. The average Bonchev–Trinajstić information content (AvgIpc) is 3.40. The molecule has 8 nitrogen and oxygen atoms in total. The minimum Gasteiger partial charge on any atom is -0.324 e. The lowest BCUT2D eigenvalue weighted by molar-refractivity contribution is -0.132. The van der Waals surface area contributed by atoms with Gasteiger partial charge in [-0.3, -0.25) is 19.4 Å². The quantitative estimate of drug-likeness (QED) is 0.602. The molecule has 3 aliphatic rings. The number of benzene rings is 2. The molecule has 4 amide bonds. The number of hydrogen-bond acceptors (Lipinski definition) is 5. The van der Waals surface area contributed by atoms with E-state index in [1.54, 1.807) is 19.1 Å². The third-order valence-corrected chi connectivity index (χ3v) is 7.60. The largest absolute Gasteiger partial charge is 0.326 e. The zero-order chi connectivity index (χ0) is 24.6. The van der Waals surface area contributed by atoms with Gasteiger partial charge in [-0.2, -0.15) is 0 Å². The van der Waals surface area contributed by atoms with Crippen LogP contribution in [0.15, 0.2) is 42.5 Å². The van der Waals surface area contributed by atoms with Gasteiger partial charge >= 0.3 is 6.03 Å². The van der Waals surface area contributed by atoms with Crippen molar-refractivity contribution in [3.63, 3.8) is 0 Å². The van der Waals surface area contributed by atoms with Crippen molar-refractivity contribution in [2.45, 2.75) is 31.7 Å². The summed E-state index contributed by atoms with van der Waals surface area (Å²) in [5, 5.41) is 6.28. The number of nitrogens with one attached hydrogen (secondary N) is 2. The molecule has 35 heavy (non-hydrogen) atoms. The number of amides is 4. The molecule has 1 aliphatic carbocycles. The molecule has 0 unspecified atom stereocenters. The summed E-state index contributed by atoms with van der Waals surface area (Å²) < 4.78 is 0. The zero-order valence-electron chi connectivity index (χ0n) is 19.8. The van der Waals surface area contributed by atoms with E-state index < -0.39 is 5.54 Å². The van der Waals surface area contributed by atoms with Gasteiger partial charge in [0.15, 0.2) is 0 Å². The molecule has 0 spiro atoms. The Bertz CT molecular complexity index is 1160. The van der Waals surface area contributed by atoms with E-state index in [1.807, 2.05) is 18.2 Å². The van der Waals surface area contributed by atoms with Gasteiger partial charge < -0.3 is 10.6 Å². The van der Waals surface area contributed by atoms with Crippen LogP contribution in [0.25, 0.3) is 0 Å². The maximum absolute atomic E-state index is 13.4. The minimum absolute atomic E-state index is 0.120. The summed E-state index contributed by atoms with van der Waals surface area (Å²) in [6, 6.07) is 12.9. The first-order valence-corrected chi connectivity index (χ1v) is 12.5. The Morgan fingerprint density at radius 2 is 1.74 bits per heavy atom. The third-order valence-electron chi connectivity index (χ3n) is 7.27. The van der Waals surface area contributed by atoms with Crippen molar-refractivity contribution >= 4 is 35.1 Å². The number of urea groups is 1. The first kappa shape index (κ1) is 23.8. The topological polar surface area (TPSA) is 85.0 Å². The van der Waals surface area contributed by atoms with Gasteiger partial charge in [-0.1, -0.05) is 41.9 Å². The molecule has 2 aromatic rings. The van der Waals surface area contributed by atoms with Crippen molar-refractivity contribution in [3.8, 4) is 0 Å². The fourth-order valence-corrected chi connectivity index (χ4v) is 5.33. The molecular weight excluding hydrogens is 466 g/mol. The number of halogens is 1. The Hall–Kier alpha value is -2.94. The maximum atomic E-state index is 13.4. The number of aryl methyl sites for hydroxylation is 2. The molecule has 2 fully saturated rings. The number of carbonyl (C=O) groups excluding carboxylic acids is 3. The number of imide groups is 1. The Balaban J connectivity index is 1.15. The van der Waals surface area contributed by atoms with E-state index in [1.165, 1.54) is 16.0 Å². The van der Waals surface area contributed by atoms with E-state index >= 15 is 0 Å². The minimum atomic E-state index is -1.05. The van der Waals surface area contributed by atoms with Crippen LogP contribution >= 0.6 is 11.6 Å². The second-order valence-corrected chi connectivity index (χ2v) is 10.1. The number of rotatable bonds is 6.